The molecule has 154 valence electrons. The molecule has 2 atom stereocenters. The molecule has 0 radical (unpaired) electrons. The molecule has 2 fully saturated rings. The molecule has 7 nitrogen and oxygen atoms in total. The number of amides is 1. The summed E-state index contributed by atoms with van der Waals surface area (Å²) in [4.78, 5) is 15.4. The van der Waals surface area contributed by atoms with Gasteiger partial charge in [0.15, 0.2) is 0 Å². The summed E-state index contributed by atoms with van der Waals surface area (Å²) in [6, 6.07) is 10.6. The van der Waals surface area contributed by atoms with Gasteiger partial charge >= 0.3 is 0 Å². The number of benzene rings is 1. The van der Waals surface area contributed by atoms with Crippen molar-refractivity contribution >= 4 is 12.0 Å². The lowest BCUT2D eigenvalue weighted by Crippen LogP contribution is -2.46. The van der Waals surface area contributed by atoms with Gasteiger partial charge in [0.1, 0.15) is 6.33 Å². The van der Waals surface area contributed by atoms with E-state index < -0.39 is 0 Å². The maximum atomic E-state index is 13.1. The number of tetrazole rings is 1. The molecule has 29 heavy (non-hydrogen) atoms. The average Bonchev–Trinajstić information content (AvgIpc) is 3.35. The van der Waals surface area contributed by atoms with E-state index in [1.165, 1.54) is 31.2 Å². The second kappa shape index (κ2) is 9.78. The predicted octanol–water partition coefficient (Wildman–Crippen LogP) is 2.84. The summed E-state index contributed by atoms with van der Waals surface area (Å²) in [5.41, 5.74) is 1.17. The Bertz CT molecular complexity index is 783. The smallest absolute Gasteiger partial charge is 0.237 e. The highest BCUT2D eigenvalue weighted by Crippen LogP contribution is 2.27. The van der Waals surface area contributed by atoms with Crippen LogP contribution in [0.2, 0.25) is 0 Å². The molecular formula is C22H30N6O. The van der Waals surface area contributed by atoms with Crippen LogP contribution in [-0.4, -0.2) is 56.2 Å². The Hall–Kier alpha value is -2.54. The van der Waals surface area contributed by atoms with Crippen LogP contribution < -0.4 is 5.32 Å². The highest BCUT2D eigenvalue weighted by Gasteiger charge is 2.38. The summed E-state index contributed by atoms with van der Waals surface area (Å²) in [5.74, 6) is 0.153. The van der Waals surface area contributed by atoms with Gasteiger partial charge in [-0.25, -0.2) is 4.68 Å². The fourth-order valence-corrected chi connectivity index (χ4v) is 4.49. The lowest BCUT2D eigenvalue weighted by molar-refractivity contribution is -0.126. The molecule has 0 unspecified atom stereocenters. The Morgan fingerprint density at radius 3 is 2.66 bits per heavy atom. The van der Waals surface area contributed by atoms with Gasteiger partial charge in [-0.3, -0.25) is 9.69 Å². The molecule has 2 heterocycles. The number of nitrogens with zero attached hydrogens (tertiary/aromatic N) is 5. The number of carbonyl (C=O) groups is 1. The fourth-order valence-electron chi connectivity index (χ4n) is 4.49. The van der Waals surface area contributed by atoms with Gasteiger partial charge < -0.3 is 5.32 Å². The molecule has 1 saturated heterocycles. The summed E-state index contributed by atoms with van der Waals surface area (Å²) in [6.07, 6.45) is 13.8. The molecule has 2 aliphatic rings. The van der Waals surface area contributed by atoms with Crippen LogP contribution in [-0.2, 0) is 4.79 Å². The van der Waals surface area contributed by atoms with Gasteiger partial charge in [-0.15, -0.1) is 5.10 Å². The number of hydrogen-bond acceptors (Lipinski definition) is 5. The number of carbonyl (C=O) groups excluding carboxylic acids is 1. The van der Waals surface area contributed by atoms with E-state index in [2.05, 4.69) is 50.0 Å². The van der Waals surface area contributed by atoms with Gasteiger partial charge in [-0.05, 0) is 35.3 Å². The van der Waals surface area contributed by atoms with Crippen molar-refractivity contribution in [2.24, 2.45) is 0 Å². The van der Waals surface area contributed by atoms with Crippen molar-refractivity contribution in [3.63, 3.8) is 0 Å². The second-order valence-electron chi connectivity index (χ2n) is 8.16. The van der Waals surface area contributed by atoms with Crippen molar-refractivity contribution in [1.29, 1.82) is 0 Å². The minimum atomic E-state index is -0.145. The van der Waals surface area contributed by atoms with E-state index >= 15 is 0 Å². The van der Waals surface area contributed by atoms with Crippen molar-refractivity contribution in [3.05, 3.63) is 48.3 Å². The summed E-state index contributed by atoms with van der Waals surface area (Å²) in [6.45, 7) is 1.50. The normalized spacial score (nSPS) is 24.0. The summed E-state index contributed by atoms with van der Waals surface area (Å²) in [7, 11) is 0. The summed E-state index contributed by atoms with van der Waals surface area (Å²) in [5, 5.41) is 14.9. The predicted molar refractivity (Wildman–Crippen MR) is 112 cm³/mol. The van der Waals surface area contributed by atoms with E-state index in [1.54, 1.807) is 11.0 Å². The zero-order chi connectivity index (χ0) is 19.9. The van der Waals surface area contributed by atoms with Gasteiger partial charge in [0, 0.05) is 19.1 Å². The maximum absolute atomic E-state index is 13.1. The van der Waals surface area contributed by atoms with E-state index in [9.17, 15) is 4.79 Å². The third-order valence-corrected chi connectivity index (χ3v) is 6.07. The molecule has 0 bridgehead atoms. The minimum absolute atomic E-state index is 0.125. The van der Waals surface area contributed by atoms with Gasteiger partial charge in [-0.1, -0.05) is 68.2 Å². The SMILES string of the molecule is O=C(NC1CCCCCC1)[C@@H]1C[C@H](n2cnnn2)CN1C/C=C/c1ccccc1. The number of hydrogen-bond donors (Lipinski definition) is 1. The zero-order valence-corrected chi connectivity index (χ0v) is 16.9. The van der Waals surface area contributed by atoms with Gasteiger partial charge in [0.05, 0.1) is 12.1 Å². The molecule has 1 saturated carbocycles. The lowest BCUT2D eigenvalue weighted by Gasteiger charge is -2.25. The Labute approximate surface area is 172 Å². The Kier molecular flexibility index (Phi) is 6.67. The van der Waals surface area contributed by atoms with Crippen LogP contribution >= 0.6 is 0 Å². The lowest BCUT2D eigenvalue weighted by atomic mass is 10.1. The van der Waals surface area contributed by atoms with Gasteiger partial charge in [-0.2, -0.15) is 0 Å². The molecule has 2 aromatic rings. The molecule has 1 aromatic carbocycles. The van der Waals surface area contributed by atoms with Crippen LogP contribution in [0.15, 0.2) is 42.7 Å². The molecule has 7 heteroatoms. The van der Waals surface area contributed by atoms with E-state index in [-0.39, 0.29) is 18.0 Å². The van der Waals surface area contributed by atoms with Crippen LogP contribution in [0.25, 0.3) is 6.08 Å². The van der Waals surface area contributed by atoms with Crippen molar-refractivity contribution in [2.45, 2.75) is 63.1 Å². The average molecular weight is 395 g/mol. The van der Waals surface area contributed by atoms with Gasteiger partial charge in [0.25, 0.3) is 0 Å². The molecule has 1 aromatic heterocycles. The van der Waals surface area contributed by atoms with Crippen LogP contribution in [0.4, 0.5) is 0 Å². The standard InChI is InChI=1S/C22H30N6O/c29-22(24-19-12-6-1-2-7-13-19)21-15-20(28-17-23-25-26-28)16-27(21)14-8-11-18-9-4-3-5-10-18/h3-5,8-11,17,19-21H,1-2,6-7,12-16H2,(H,24,29)/b11-8+/t20-,21-/m0/s1. The monoisotopic (exact) mass is 394 g/mol. The van der Waals surface area contributed by atoms with E-state index in [4.69, 9.17) is 0 Å². The van der Waals surface area contributed by atoms with E-state index in [0.717, 1.165) is 32.4 Å². The number of rotatable bonds is 6. The first-order chi connectivity index (χ1) is 14.3. The summed E-state index contributed by atoms with van der Waals surface area (Å²) >= 11 is 0. The van der Waals surface area contributed by atoms with Crippen LogP contribution in [0, 0.1) is 0 Å². The molecule has 0 spiro atoms. The highest BCUT2D eigenvalue weighted by molar-refractivity contribution is 5.82. The molecule has 1 aliphatic heterocycles. The molecule has 1 aliphatic carbocycles. The molecule has 1 N–H and O–H groups in total. The Balaban J connectivity index is 1.42. The van der Waals surface area contributed by atoms with Crippen molar-refractivity contribution in [2.75, 3.05) is 13.1 Å². The molecule has 1 amide bonds. The van der Waals surface area contributed by atoms with Crippen molar-refractivity contribution in [3.8, 4) is 0 Å². The number of aromatic nitrogens is 4. The van der Waals surface area contributed by atoms with Crippen molar-refractivity contribution < 1.29 is 4.79 Å². The second-order valence-corrected chi connectivity index (χ2v) is 8.16. The quantitative estimate of drug-likeness (QED) is 0.763. The third-order valence-electron chi connectivity index (χ3n) is 6.07. The first-order valence-corrected chi connectivity index (χ1v) is 10.8. The van der Waals surface area contributed by atoms with Crippen LogP contribution in [0.5, 0.6) is 0 Å². The molecule has 4 rings (SSSR count). The molecular weight excluding hydrogens is 364 g/mol. The highest BCUT2D eigenvalue weighted by atomic mass is 16.2. The Morgan fingerprint density at radius 2 is 1.93 bits per heavy atom. The minimum Gasteiger partial charge on any atom is -0.352 e. The zero-order valence-electron chi connectivity index (χ0n) is 16.9. The van der Waals surface area contributed by atoms with Crippen molar-refractivity contribution in [1.82, 2.24) is 30.4 Å². The van der Waals surface area contributed by atoms with Crippen LogP contribution in [0.1, 0.15) is 56.6 Å². The topological polar surface area (TPSA) is 75.9 Å². The third kappa shape index (κ3) is 5.29. The van der Waals surface area contributed by atoms with E-state index in [0.29, 0.717) is 6.04 Å². The largest absolute Gasteiger partial charge is 0.352 e. The number of likely N-dealkylation sites (tertiary alicyclic amines) is 1. The fraction of sp³-hybridized carbons (Fsp3) is 0.545. The van der Waals surface area contributed by atoms with Gasteiger partial charge in [0.2, 0.25) is 5.91 Å². The van der Waals surface area contributed by atoms with E-state index in [1.807, 2.05) is 18.2 Å². The first kappa shape index (κ1) is 19.8. The number of nitrogens with one attached hydrogen (secondary N) is 1. The first-order valence-electron chi connectivity index (χ1n) is 10.8. The summed E-state index contributed by atoms with van der Waals surface area (Å²) < 4.78 is 1.78. The van der Waals surface area contributed by atoms with Crippen LogP contribution in [0.3, 0.4) is 0 Å². The maximum Gasteiger partial charge on any atom is 0.237 e. The Morgan fingerprint density at radius 1 is 1.14 bits per heavy atom.